The van der Waals surface area contributed by atoms with Crippen molar-refractivity contribution >= 4 is 0 Å². The summed E-state index contributed by atoms with van der Waals surface area (Å²) in [4.78, 5) is 2.48. The molecule has 1 aliphatic rings. The fourth-order valence-corrected chi connectivity index (χ4v) is 2.14. The molecule has 0 spiro atoms. The Bertz CT molecular complexity index is 177. The SMILES string of the molecule is C=C(CC)CN1CCCC(CCO)C1. The standard InChI is InChI=1S/C12H23NO/c1-3-11(2)9-13-7-4-5-12(10-13)6-8-14/h12,14H,2-10H2,1H3. The van der Waals surface area contributed by atoms with Crippen LogP contribution in [0, 0.1) is 5.92 Å². The Morgan fingerprint density at radius 2 is 2.36 bits per heavy atom. The van der Waals surface area contributed by atoms with Gasteiger partial charge in [-0.25, -0.2) is 0 Å². The van der Waals surface area contributed by atoms with Gasteiger partial charge < -0.3 is 5.11 Å². The summed E-state index contributed by atoms with van der Waals surface area (Å²) < 4.78 is 0. The van der Waals surface area contributed by atoms with Gasteiger partial charge in [0.25, 0.3) is 0 Å². The molecule has 0 amide bonds. The van der Waals surface area contributed by atoms with Gasteiger partial charge in [0.05, 0.1) is 0 Å². The van der Waals surface area contributed by atoms with Gasteiger partial charge in [0.15, 0.2) is 0 Å². The number of nitrogens with zero attached hydrogens (tertiary/aromatic N) is 1. The molecule has 1 aliphatic heterocycles. The lowest BCUT2D eigenvalue weighted by atomic mass is 9.95. The molecule has 0 radical (unpaired) electrons. The molecule has 0 bridgehead atoms. The second kappa shape index (κ2) is 6.20. The van der Waals surface area contributed by atoms with Crippen LogP contribution in [0.4, 0.5) is 0 Å². The predicted octanol–water partition coefficient (Wildman–Crippen LogP) is 2.05. The summed E-state index contributed by atoms with van der Waals surface area (Å²) in [7, 11) is 0. The first-order valence-corrected chi connectivity index (χ1v) is 5.76. The lowest BCUT2D eigenvalue weighted by Gasteiger charge is -2.32. The molecule has 1 unspecified atom stereocenters. The third-order valence-electron chi connectivity index (χ3n) is 3.09. The normalized spacial score (nSPS) is 23.7. The molecule has 0 aliphatic carbocycles. The van der Waals surface area contributed by atoms with E-state index in [9.17, 15) is 0 Å². The molecular weight excluding hydrogens is 174 g/mol. The number of hydrogen-bond donors (Lipinski definition) is 1. The van der Waals surface area contributed by atoms with Crippen molar-refractivity contribution in [2.24, 2.45) is 5.92 Å². The average molecular weight is 197 g/mol. The molecule has 1 rings (SSSR count). The van der Waals surface area contributed by atoms with E-state index in [2.05, 4.69) is 18.4 Å². The first-order chi connectivity index (χ1) is 6.76. The third kappa shape index (κ3) is 3.81. The van der Waals surface area contributed by atoms with Crippen LogP contribution < -0.4 is 0 Å². The highest BCUT2D eigenvalue weighted by Crippen LogP contribution is 2.19. The fraction of sp³-hybridized carbons (Fsp3) is 0.833. The van der Waals surface area contributed by atoms with E-state index >= 15 is 0 Å². The van der Waals surface area contributed by atoms with E-state index in [1.807, 2.05) is 0 Å². The molecule has 1 heterocycles. The van der Waals surface area contributed by atoms with Gasteiger partial charge in [-0.3, -0.25) is 4.90 Å². The summed E-state index contributed by atoms with van der Waals surface area (Å²) in [5.41, 5.74) is 1.33. The molecule has 1 atom stereocenters. The first-order valence-electron chi connectivity index (χ1n) is 5.76. The van der Waals surface area contributed by atoms with Gasteiger partial charge in [-0.05, 0) is 38.1 Å². The number of aliphatic hydroxyl groups excluding tert-OH is 1. The van der Waals surface area contributed by atoms with Crippen molar-refractivity contribution in [1.82, 2.24) is 4.90 Å². The Morgan fingerprint density at radius 3 is 3.00 bits per heavy atom. The highest BCUT2D eigenvalue weighted by molar-refractivity contribution is 4.96. The maximum absolute atomic E-state index is 8.90. The van der Waals surface area contributed by atoms with E-state index in [-0.39, 0.29) is 0 Å². The van der Waals surface area contributed by atoms with Crippen molar-refractivity contribution in [2.75, 3.05) is 26.2 Å². The van der Waals surface area contributed by atoms with Crippen LogP contribution in [0.3, 0.4) is 0 Å². The van der Waals surface area contributed by atoms with Crippen LogP contribution in [0.25, 0.3) is 0 Å². The summed E-state index contributed by atoms with van der Waals surface area (Å²) in [6.45, 7) is 9.97. The Kier molecular flexibility index (Phi) is 5.20. The maximum Gasteiger partial charge on any atom is 0.0434 e. The van der Waals surface area contributed by atoms with Crippen LogP contribution in [0.15, 0.2) is 12.2 Å². The number of hydrogen-bond acceptors (Lipinski definition) is 2. The summed E-state index contributed by atoms with van der Waals surface area (Å²) in [5.74, 6) is 0.707. The molecular formula is C12H23NO. The van der Waals surface area contributed by atoms with Crippen LogP contribution in [-0.4, -0.2) is 36.2 Å². The summed E-state index contributed by atoms with van der Waals surface area (Å²) in [5, 5.41) is 8.90. The molecule has 0 aromatic heterocycles. The molecule has 0 aromatic rings. The van der Waals surface area contributed by atoms with E-state index in [1.54, 1.807) is 0 Å². The zero-order valence-electron chi connectivity index (χ0n) is 9.34. The molecule has 0 aromatic carbocycles. The van der Waals surface area contributed by atoms with Crippen LogP contribution in [-0.2, 0) is 0 Å². The highest BCUT2D eigenvalue weighted by atomic mass is 16.3. The van der Waals surface area contributed by atoms with E-state index in [0.29, 0.717) is 12.5 Å². The molecule has 14 heavy (non-hydrogen) atoms. The van der Waals surface area contributed by atoms with E-state index < -0.39 is 0 Å². The minimum Gasteiger partial charge on any atom is -0.396 e. The molecule has 1 N–H and O–H groups in total. The summed E-state index contributed by atoms with van der Waals surface area (Å²) >= 11 is 0. The van der Waals surface area contributed by atoms with Crippen molar-refractivity contribution in [3.05, 3.63) is 12.2 Å². The fourth-order valence-electron chi connectivity index (χ4n) is 2.14. The largest absolute Gasteiger partial charge is 0.396 e. The lowest BCUT2D eigenvalue weighted by Crippen LogP contribution is -2.36. The Morgan fingerprint density at radius 1 is 1.57 bits per heavy atom. The van der Waals surface area contributed by atoms with E-state index in [4.69, 9.17) is 5.11 Å². The predicted molar refractivity (Wildman–Crippen MR) is 60.3 cm³/mol. The topological polar surface area (TPSA) is 23.5 Å². The zero-order chi connectivity index (χ0) is 10.4. The highest BCUT2D eigenvalue weighted by Gasteiger charge is 2.19. The Balaban J connectivity index is 2.28. The van der Waals surface area contributed by atoms with Crippen molar-refractivity contribution in [3.63, 3.8) is 0 Å². The molecule has 2 nitrogen and oxygen atoms in total. The van der Waals surface area contributed by atoms with E-state index in [0.717, 1.165) is 25.9 Å². The molecule has 2 heteroatoms. The Hall–Kier alpha value is -0.340. The monoisotopic (exact) mass is 197 g/mol. The van der Waals surface area contributed by atoms with Gasteiger partial charge in [-0.1, -0.05) is 19.1 Å². The summed E-state index contributed by atoms with van der Waals surface area (Å²) in [6.07, 6.45) is 4.62. The minimum atomic E-state index is 0.341. The second-order valence-corrected chi connectivity index (χ2v) is 4.36. The summed E-state index contributed by atoms with van der Waals surface area (Å²) in [6, 6.07) is 0. The lowest BCUT2D eigenvalue weighted by molar-refractivity contribution is 0.156. The number of rotatable bonds is 5. The minimum absolute atomic E-state index is 0.341. The van der Waals surface area contributed by atoms with Crippen LogP contribution in [0.5, 0.6) is 0 Å². The quantitative estimate of drug-likeness (QED) is 0.682. The zero-order valence-corrected chi connectivity index (χ0v) is 9.34. The van der Waals surface area contributed by atoms with E-state index in [1.165, 1.54) is 25.0 Å². The second-order valence-electron chi connectivity index (χ2n) is 4.36. The molecule has 1 fully saturated rings. The Labute approximate surface area is 87.6 Å². The number of aliphatic hydroxyl groups is 1. The first kappa shape index (κ1) is 11.7. The molecule has 82 valence electrons. The third-order valence-corrected chi connectivity index (χ3v) is 3.09. The van der Waals surface area contributed by atoms with Crippen molar-refractivity contribution in [1.29, 1.82) is 0 Å². The van der Waals surface area contributed by atoms with Gasteiger partial charge in [0, 0.05) is 19.7 Å². The van der Waals surface area contributed by atoms with Crippen molar-refractivity contribution in [3.8, 4) is 0 Å². The molecule has 0 saturated carbocycles. The van der Waals surface area contributed by atoms with Gasteiger partial charge in [0.1, 0.15) is 0 Å². The molecule has 1 saturated heterocycles. The number of likely N-dealkylation sites (tertiary alicyclic amines) is 1. The van der Waals surface area contributed by atoms with Gasteiger partial charge in [-0.2, -0.15) is 0 Å². The van der Waals surface area contributed by atoms with Crippen molar-refractivity contribution < 1.29 is 5.11 Å². The smallest absolute Gasteiger partial charge is 0.0434 e. The van der Waals surface area contributed by atoms with Gasteiger partial charge in [0.2, 0.25) is 0 Å². The van der Waals surface area contributed by atoms with Gasteiger partial charge >= 0.3 is 0 Å². The van der Waals surface area contributed by atoms with Crippen LogP contribution >= 0.6 is 0 Å². The van der Waals surface area contributed by atoms with Crippen LogP contribution in [0.2, 0.25) is 0 Å². The average Bonchev–Trinajstić information content (AvgIpc) is 2.19. The van der Waals surface area contributed by atoms with Crippen molar-refractivity contribution in [2.45, 2.75) is 32.6 Å². The maximum atomic E-state index is 8.90. The van der Waals surface area contributed by atoms with Crippen LogP contribution in [0.1, 0.15) is 32.6 Å². The number of piperidine rings is 1. The van der Waals surface area contributed by atoms with Gasteiger partial charge in [-0.15, -0.1) is 0 Å².